The van der Waals surface area contributed by atoms with E-state index >= 15 is 0 Å². The Morgan fingerprint density at radius 1 is 0.432 bits per heavy atom. The molecule has 1 aliphatic rings. The van der Waals surface area contributed by atoms with Crippen LogP contribution in [-0.2, 0) is 0 Å². The quantitative estimate of drug-likeness (QED) is 0.212. The summed E-state index contributed by atoms with van der Waals surface area (Å²) < 4.78 is 0. The Morgan fingerprint density at radius 2 is 0.886 bits per heavy atom. The molecule has 1 N–H and O–H groups in total. The average molecular weight is 566 g/mol. The molecule has 1 heterocycles. The predicted molar refractivity (Wildman–Crippen MR) is 186 cm³/mol. The summed E-state index contributed by atoms with van der Waals surface area (Å²) in [6, 6.07) is 49.5. The van der Waals surface area contributed by atoms with Gasteiger partial charge in [0.1, 0.15) is 11.7 Å². The van der Waals surface area contributed by atoms with E-state index < -0.39 is 0 Å². The monoisotopic (exact) mass is 565 g/mol. The minimum Gasteiger partial charge on any atom is -0.324 e. The van der Waals surface area contributed by atoms with E-state index in [0.29, 0.717) is 0 Å². The molecule has 0 bridgehead atoms. The van der Waals surface area contributed by atoms with E-state index in [1.165, 1.54) is 54.6 Å². The summed E-state index contributed by atoms with van der Waals surface area (Å²) in [5.41, 5.74) is 8.13. The second-order valence-electron chi connectivity index (χ2n) is 11.6. The first-order valence-electron chi connectivity index (χ1n) is 15.1. The second-order valence-corrected chi connectivity index (χ2v) is 11.6. The molecule has 0 fully saturated rings. The van der Waals surface area contributed by atoms with Crippen molar-refractivity contribution in [2.45, 2.75) is 20.0 Å². The predicted octanol–water partition coefficient (Wildman–Crippen LogP) is 9.93. The van der Waals surface area contributed by atoms with Gasteiger partial charge in [-0.15, -0.1) is 0 Å². The third-order valence-electron chi connectivity index (χ3n) is 8.76. The fourth-order valence-electron chi connectivity index (χ4n) is 6.58. The summed E-state index contributed by atoms with van der Waals surface area (Å²) in [5, 5.41) is 11.3. The number of benzene rings is 7. The molecule has 1 aliphatic heterocycles. The molecule has 7 aromatic carbocycles. The van der Waals surface area contributed by atoms with Gasteiger partial charge in [-0.1, -0.05) is 133 Å². The number of fused-ring (bicyclic) bond motifs is 6. The van der Waals surface area contributed by atoms with Crippen LogP contribution in [0.5, 0.6) is 0 Å². The molecule has 44 heavy (non-hydrogen) atoms. The maximum Gasteiger partial charge on any atom is 0.169 e. The van der Waals surface area contributed by atoms with E-state index in [4.69, 9.17) is 9.98 Å². The maximum absolute atomic E-state index is 5.08. The van der Waals surface area contributed by atoms with Gasteiger partial charge >= 0.3 is 0 Å². The fourth-order valence-corrected chi connectivity index (χ4v) is 6.58. The van der Waals surface area contributed by atoms with Crippen molar-refractivity contribution in [2.75, 3.05) is 0 Å². The highest BCUT2D eigenvalue weighted by atomic mass is 15.2. The molecular weight excluding hydrogens is 534 g/mol. The van der Waals surface area contributed by atoms with Gasteiger partial charge in [-0.25, -0.2) is 9.98 Å². The molecule has 0 saturated heterocycles. The van der Waals surface area contributed by atoms with Crippen LogP contribution in [0.2, 0.25) is 0 Å². The summed E-state index contributed by atoms with van der Waals surface area (Å²) in [6.45, 7) is 4.43. The number of nitrogens with one attached hydrogen (secondary N) is 1. The van der Waals surface area contributed by atoms with Crippen molar-refractivity contribution >= 4 is 44.0 Å². The second kappa shape index (κ2) is 10.6. The Bertz CT molecular complexity index is 2210. The van der Waals surface area contributed by atoms with Crippen molar-refractivity contribution in [3.05, 3.63) is 167 Å². The van der Waals surface area contributed by atoms with Gasteiger partial charge in [0.05, 0.1) is 0 Å². The number of hydrogen-bond acceptors (Lipinski definition) is 3. The number of amidine groups is 2. The number of hydrogen-bond donors (Lipinski definition) is 1. The number of rotatable bonds is 4. The Labute approximate surface area is 257 Å². The zero-order chi connectivity index (χ0) is 29.6. The van der Waals surface area contributed by atoms with Crippen LogP contribution in [0.15, 0.2) is 150 Å². The standard InChI is InChI=1S/C41H31N3/c1-26-23-30(41-43-39(28-13-5-3-6-14-28)42-40(44-41)29-15-7-4-8-16-29)21-22-31(26)36-25-38-35-20-12-10-18-33(35)32-17-9-11-19-34(32)37(38)24-27(36)2/h3-25,41H,1-2H3,(H,42,43,44). The molecule has 0 radical (unpaired) electrons. The number of nitrogens with zero attached hydrogens (tertiary/aromatic N) is 2. The Morgan fingerprint density at radius 3 is 1.41 bits per heavy atom. The molecule has 3 heteroatoms. The van der Waals surface area contributed by atoms with E-state index in [2.05, 4.69) is 122 Å². The van der Waals surface area contributed by atoms with Gasteiger partial charge in [-0.2, -0.15) is 0 Å². The third kappa shape index (κ3) is 4.45. The molecule has 0 atom stereocenters. The van der Waals surface area contributed by atoms with Gasteiger partial charge in [-0.05, 0) is 80.0 Å². The Kier molecular flexibility index (Phi) is 6.31. The number of aryl methyl sites for hydroxylation is 2. The van der Waals surface area contributed by atoms with Crippen LogP contribution >= 0.6 is 0 Å². The molecule has 8 rings (SSSR count). The lowest BCUT2D eigenvalue weighted by atomic mass is 9.88. The van der Waals surface area contributed by atoms with Gasteiger partial charge in [0, 0.05) is 11.1 Å². The normalized spacial score (nSPS) is 13.6. The summed E-state index contributed by atoms with van der Waals surface area (Å²) in [4.78, 5) is 10.2. The lowest BCUT2D eigenvalue weighted by molar-refractivity contribution is 0.755. The summed E-state index contributed by atoms with van der Waals surface area (Å²) in [6.07, 6.45) is -0.345. The Hall–Kier alpha value is -5.54. The lowest BCUT2D eigenvalue weighted by Gasteiger charge is -2.23. The molecule has 0 amide bonds. The third-order valence-corrected chi connectivity index (χ3v) is 8.76. The summed E-state index contributed by atoms with van der Waals surface area (Å²) >= 11 is 0. The SMILES string of the molecule is Cc1cc(C2N=C(c3ccccc3)NC(c3ccccc3)=N2)ccc1-c1cc2c3ccccc3c3ccccc3c2cc1C. The van der Waals surface area contributed by atoms with Crippen molar-refractivity contribution in [3.8, 4) is 11.1 Å². The summed E-state index contributed by atoms with van der Waals surface area (Å²) in [5.74, 6) is 1.66. The van der Waals surface area contributed by atoms with Gasteiger partial charge in [0.2, 0.25) is 0 Å². The number of aliphatic imine (C=N–C) groups is 2. The summed E-state index contributed by atoms with van der Waals surface area (Å²) in [7, 11) is 0. The molecule has 0 aliphatic carbocycles. The van der Waals surface area contributed by atoms with Crippen LogP contribution in [0.3, 0.4) is 0 Å². The molecule has 0 unspecified atom stereocenters. The molecule has 0 aromatic heterocycles. The zero-order valence-electron chi connectivity index (χ0n) is 24.8. The van der Waals surface area contributed by atoms with E-state index in [-0.39, 0.29) is 6.17 Å². The highest BCUT2D eigenvalue weighted by Crippen LogP contribution is 2.39. The average Bonchev–Trinajstić information content (AvgIpc) is 3.09. The van der Waals surface area contributed by atoms with E-state index in [1.54, 1.807) is 0 Å². The van der Waals surface area contributed by atoms with Crippen LogP contribution in [-0.4, -0.2) is 11.7 Å². The van der Waals surface area contributed by atoms with Crippen LogP contribution in [0.25, 0.3) is 43.4 Å². The van der Waals surface area contributed by atoms with Gasteiger partial charge in [0.15, 0.2) is 6.17 Å². The van der Waals surface area contributed by atoms with Crippen molar-refractivity contribution in [3.63, 3.8) is 0 Å². The van der Waals surface area contributed by atoms with Gasteiger partial charge in [0.25, 0.3) is 0 Å². The minimum absolute atomic E-state index is 0.345. The molecule has 0 spiro atoms. The van der Waals surface area contributed by atoms with Crippen LogP contribution in [0.1, 0.15) is 34.0 Å². The first-order valence-corrected chi connectivity index (χ1v) is 15.1. The van der Waals surface area contributed by atoms with Crippen molar-refractivity contribution < 1.29 is 0 Å². The van der Waals surface area contributed by atoms with Crippen LogP contribution in [0, 0.1) is 13.8 Å². The first-order chi connectivity index (χ1) is 21.6. The zero-order valence-corrected chi connectivity index (χ0v) is 24.8. The molecule has 7 aromatic rings. The van der Waals surface area contributed by atoms with Gasteiger partial charge < -0.3 is 5.32 Å². The molecule has 210 valence electrons. The molecule has 0 saturated carbocycles. The topological polar surface area (TPSA) is 36.8 Å². The fraction of sp³-hybridized carbons (Fsp3) is 0.0732. The van der Waals surface area contributed by atoms with Gasteiger partial charge in [-0.3, -0.25) is 0 Å². The van der Waals surface area contributed by atoms with E-state index in [1.807, 2.05) is 36.4 Å². The van der Waals surface area contributed by atoms with Crippen molar-refractivity contribution in [2.24, 2.45) is 9.98 Å². The highest BCUT2D eigenvalue weighted by molar-refractivity contribution is 6.26. The maximum atomic E-state index is 5.08. The van der Waals surface area contributed by atoms with Crippen molar-refractivity contribution in [1.82, 2.24) is 5.32 Å². The van der Waals surface area contributed by atoms with E-state index in [9.17, 15) is 0 Å². The first kappa shape index (κ1) is 26.1. The van der Waals surface area contributed by atoms with Crippen LogP contribution in [0.4, 0.5) is 0 Å². The van der Waals surface area contributed by atoms with Crippen LogP contribution < -0.4 is 5.32 Å². The highest BCUT2D eigenvalue weighted by Gasteiger charge is 2.21. The molecular formula is C41H31N3. The Balaban J connectivity index is 1.25. The molecule has 3 nitrogen and oxygen atoms in total. The van der Waals surface area contributed by atoms with E-state index in [0.717, 1.165) is 28.4 Å². The van der Waals surface area contributed by atoms with Crippen molar-refractivity contribution in [1.29, 1.82) is 0 Å². The largest absolute Gasteiger partial charge is 0.324 e. The minimum atomic E-state index is -0.345. The smallest absolute Gasteiger partial charge is 0.169 e. The lowest BCUT2D eigenvalue weighted by Crippen LogP contribution is -2.36.